The summed E-state index contributed by atoms with van der Waals surface area (Å²) in [6, 6.07) is 3.94. The van der Waals surface area contributed by atoms with Crippen molar-refractivity contribution in [1.29, 1.82) is 0 Å². The smallest absolute Gasteiger partial charge is 0.231 e. The first kappa shape index (κ1) is 15.3. The minimum atomic E-state index is 0.0267. The molecule has 2 aliphatic rings. The van der Waals surface area contributed by atoms with Crippen molar-refractivity contribution < 1.29 is 23.7 Å². The molecular formula is C17H20N2O5. The zero-order valence-corrected chi connectivity index (χ0v) is 13.7. The molecule has 1 fully saturated rings. The molecule has 1 saturated heterocycles. The normalized spacial score (nSPS) is 22.1. The number of hydrogen-bond acceptors (Lipinski definition) is 6. The SMILES string of the molecule is CCO[C@H]1COC[C@@H]1n1ccnc1-c1cc(OC)c2c(c1)OCO2. The van der Waals surface area contributed by atoms with Crippen molar-refractivity contribution in [3.05, 3.63) is 24.5 Å². The molecule has 7 nitrogen and oxygen atoms in total. The Morgan fingerprint density at radius 1 is 1.29 bits per heavy atom. The molecular weight excluding hydrogens is 312 g/mol. The molecule has 7 heteroatoms. The lowest BCUT2D eigenvalue weighted by molar-refractivity contribution is 0.0364. The molecule has 0 N–H and O–H groups in total. The number of ether oxygens (including phenoxy) is 5. The fourth-order valence-corrected chi connectivity index (χ4v) is 3.22. The van der Waals surface area contributed by atoms with Crippen LogP contribution in [0.4, 0.5) is 0 Å². The number of nitrogens with zero attached hydrogens (tertiary/aromatic N) is 2. The van der Waals surface area contributed by atoms with E-state index in [2.05, 4.69) is 9.55 Å². The van der Waals surface area contributed by atoms with Crippen molar-refractivity contribution in [2.24, 2.45) is 0 Å². The third-order valence-corrected chi connectivity index (χ3v) is 4.32. The molecule has 4 rings (SSSR count). The van der Waals surface area contributed by atoms with E-state index in [9.17, 15) is 0 Å². The number of methoxy groups -OCH3 is 1. The van der Waals surface area contributed by atoms with Crippen LogP contribution in [-0.4, -0.2) is 49.4 Å². The molecule has 2 atom stereocenters. The van der Waals surface area contributed by atoms with Crippen molar-refractivity contribution in [3.63, 3.8) is 0 Å². The Balaban J connectivity index is 1.73. The summed E-state index contributed by atoms with van der Waals surface area (Å²) in [6.45, 7) is 4.06. The number of imidazole rings is 1. The summed E-state index contributed by atoms with van der Waals surface area (Å²) >= 11 is 0. The summed E-state index contributed by atoms with van der Waals surface area (Å²) in [4.78, 5) is 4.53. The number of benzene rings is 1. The zero-order chi connectivity index (χ0) is 16.5. The molecule has 1 aromatic heterocycles. The second-order valence-corrected chi connectivity index (χ2v) is 5.67. The van der Waals surface area contributed by atoms with Gasteiger partial charge in [-0.2, -0.15) is 0 Å². The second kappa shape index (κ2) is 6.33. The van der Waals surface area contributed by atoms with Gasteiger partial charge in [-0.3, -0.25) is 0 Å². The predicted molar refractivity (Wildman–Crippen MR) is 85.6 cm³/mol. The molecule has 0 spiro atoms. The lowest BCUT2D eigenvalue weighted by Gasteiger charge is -2.21. The molecule has 2 aromatic rings. The van der Waals surface area contributed by atoms with E-state index in [1.807, 2.05) is 25.3 Å². The number of hydrogen-bond donors (Lipinski definition) is 0. The lowest BCUT2D eigenvalue weighted by Crippen LogP contribution is -2.25. The highest BCUT2D eigenvalue weighted by Crippen LogP contribution is 2.44. The third kappa shape index (κ3) is 2.50. The molecule has 0 amide bonds. The monoisotopic (exact) mass is 332 g/mol. The Morgan fingerprint density at radius 3 is 3.04 bits per heavy atom. The lowest BCUT2D eigenvalue weighted by atomic mass is 10.1. The Labute approximate surface area is 140 Å². The van der Waals surface area contributed by atoms with Crippen LogP contribution in [0, 0.1) is 0 Å². The molecule has 0 bridgehead atoms. The van der Waals surface area contributed by atoms with Gasteiger partial charge in [0.1, 0.15) is 11.9 Å². The largest absolute Gasteiger partial charge is 0.493 e. The predicted octanol–water partition coefficient (Wildman–Crippen LogP) is 2.26. The highest BCUT2D eigenvalue weighted by molar-refractivity contribution is 5.67. The van der Waals surface area contributed by atoms with Gasteiger partial charge < -0.3 is 28.3 Å². The third-order valence-electron chi connectivity index (χ3n) is 4.32. The van der Waals surface area contributed by atoms with Gasteiger partial charge in [-0.15, -0.1) is 0 Å². The van der Waals surface area contributed by atoms with E-state index in [1.165, 1.54) is 0 Å². The summed E-state index contributed by atoms with van der Waals surface area (Å²) in [5, 5.41) is 0. The molecule has 3 heterocycles. The van der Waals surface area contributed by atoms with Gasteiger partial charge in [-0.1, -0.05) is 0 Å². The van der Waals surface area contributed by atoms with Gasteiger partial charge in [0.15, 0.2) is 11.5 Å². The molecule has 0 unspecified atom stereocenters. The van der Waals surface area contributed by atoms with Crippen molar-refractivity contribution in [2.75, 3.05) is 33.7 Å². The van der Waals surface area contributed by atoms with Crippen LogP contribution in [0.3, 0.4) is 0 Å². The zero-order valence-electron chi connectivity index (χ0n) is 13.7. The van der Waals surface area contributed by atoms with Gasteiger partial charge in [0, 0.05) is 24.6 Å². The molecule has 2 aliphatic heterocycles. The fourth-order valence-electron chi connectivity index (χ4n) is 3.22. The van der Waals surface area contributed by atoms with Crippen LogP contribution < -0.4 is 14.2 Å². The molecule has 0 radical (unpaired) electrons. The van der Waals surface area contributed by atoms with E-state index >= 15 is 0 Å². The molecule has 128 valence electrons. The molecule has 24 heavy (non-hydrogen) atoms. The van der Waals surface area contributed by atoms with Gasteiger partial charge in [0.25, 0.3) is 0 Å². The summed E-state index contributed by atoms with van der Waals surface area (Å²) in [5.41, 5.74) is 0.906. The average molecular weight is 332 g/mol. The van der Waals surface area contributed by atoms with E-state index in [4.69, 9.17) is 23.7 Å². The number of fused-ring (bicyclic) bond motifs is 1. The number of rotatable bonds is 5. The highest BCUT2D eigenvalue weighted by Gasteiger charge is 2.32. The summed E-state index contributed by atoms with van der Waals surface area (Å²) in [7, 11) is 1.61. The molecule has 1 aromatic carbocycles. The first-order valence-electron chi connectivity index (χ1n) is 8.02. The maximum atomic E-state index is 5.81. The topological polar surface area (TPSA) is 64.0 Å². The van der Waals surface area contributed by atoms with Crippen LogP contribution in [0.2, 0.25) is 0 Å². The first-order valence-corrected chi connectivity index (χ1v) is 8.02. The minimum absolute atomic E-state index is 0.0267. The van der Waals surface area contributed by atoms with Gasteiger partial charge >= 0.3 is 0 Å². The van der Waals surface area contributed by atoms with Crippen LogP contribution in [0.25, 0.3) is 11.4 Å². The van der Waals surface area contributed by atoms with Crippen LogP contribution in [0.5, 0.6) is 17.2 Å². The fraction of sp³-hybridized carbons (Fsp3) is 0.471. The Hall–Kier alpha value is -2.25. The second-order valence-electron chi connectivity index (χ2n) is 5.67. The quantitative estimate of drug-likeness (QED) is 0.837. The van der Waals surface area contributed by atoms with Crippen LogP contribution in [0.15, 0.2) is 24.5 Å². The maximum Gasteiger partial charge on any atom is 0.231 e. The Morgan fingerprint density at radius 2 is 2.21 bits per heavy atom. The van der Waals surface area contributed by atoms with Crippen LogP contribution >= 0.6 is 0 Å². The first-order chi connectivity index (χ1) is 11.8. The van der Waals surface area contributed by atoms with Crippen molar-refractivity contribution in [1.82, 2.24) is 9.55 Å². The standard InChI is InChI=1S/C17H20N2O5/c1-3-22-15-9-21-8-12(15)19-5-4-18-17(19)11-6-13(20-2)16-14(7-11)23-10-24-16/h4-7,12,15H,3,8-10H2,1-2H3/t12-,15-/m0/s1. The van der Waals surface area contributed by atoms with Crippen LogP contribution in [-0.2, 0) is 9.47 Å². The van der Waals surface area contributed by atoms with E-state index in [0.29, 0.717) is 37.1 Å². The van der Waals surface area contributed by atoms with E-state index in [1.54, 1.807) is 13.3 Å². The molecule has 0 aliphatic carbocycles. The highest BCUT2D eigenvalue weighted by atomic mass is 16.7. The van der Waals surface area contributed by atoms with E-state index in [-0.39, 0.29) is 18.9 Å². The Kier molecular flexibility index (Phi) is 4.03. The maximum absolute atomic E-state index is 5.81. The van der Waals surface area contributed by atoms with Gasteiger partial charge in [-0.25, -0.2) is 4.98 Å². The van der Waals surface area contributed by atoms with E-state index < -0.39 is 0 Å². The van der Waals surface area contributed by atoms with E-state index in [0.717, 1.165) is 11.4 Å². The van der Waals surface area contributed by atoms with Gasteiger partial charge in [0.2, 0.25) is 12.5 Å². The van der Waals surface area contributed by atoms with Crippen LogP contribution in [0.1, 0.15) is 13.0 Å². The minimum Gasteiger partial charge on any atom is -0.493 e. The summed E-state index contributed by atoms with van der Waals surface area (Å²) in [5.74, 6) is 2.77. The summed E-state index contributed by atoms with van der Waals surface area (Å²) < 4.78 is 29.9. The Bertz CT molecular complexity index is 730. The summed E-state index contributed by atoms with van der Waals surface area (Å²) in [6.07, 6.45) is 3.77. The number of aromatic nitrogens is 2. The van der Waals surface area contributed by atoms with Crippen molar-refractivity contribution in [3.8, 4) is 28.6 Å². The van der Waals surface area contributed by atoms with Crippen molar-refractivity contribution >= 4 is 0 Å². The molecule has 0 saturated carbocycles. The average Bonchev–Trinajstić information content (AvgIpc) is 3.33. The van der Waals surface area contributed by atoms with Crippen molar-refractivity contribution in [2.45, 2.75) is 19.1 Å². The van der Waals surface area contributed by atoms with Gasteiger partial charge in [-0.05, 0) is 19.1 Å². The van der Waals surface area contributed by atoms with Gasteiger partial charge in [0.05, 0.1) is 26.4 Å².